The largest absolute Gasteiger partial charge is 0.381 e. The van der Waals surface area contributed by atoms with Crippen molar-refractivity contribution in [2.24, 2.45) is 0 Å². The highest BCUT2D eigenvalue weighted by Crippen LogP contribution is 2.29. The molecule has 28 heavy (non-hydrogen) atoms. The second-order valence-electron chi connectivity index (χ2n) is 7.84. The zero-order valence-corrected chi connectivity index (χ0v) is 17.1. The molecule has 1 aromatic heterocycles. The number of methoxy groups -OCH3 is 1. The summed E-state index contributed by atoms with van der Waals surface area (Å²) in [6.45, 7) is 3.01. The first-order valence-corrected chi connectivity index (χ1v) is 10.5. The smallest absolute Gasteiger partial charge is 0.246 e. The maximum Gasteiger partial charge on any atom is 0.246 e. The van der Waals surface area contributed by atoms with E-state index < -0.39 is 0 Å². The molecule has 2 fully saturated rings. The van der Waals surface area contributed by atoms with E-state index in [1.807, 2.05) is 19.2 Å². The minimum absolute atomic E-state index is 0.352. The number of rotatable bonds is 5. The molecule has 2 atom stereocenters. The molecule has 152 valence electrons. The van der Waals surface area contributed by atoms with Crippen molar-refractivity contribution < 1.29 is 4.74 Å². The molecule has 4 rings (SSSR count). The van der Waals surface area contributed by atoms with Gasteiger partial charge in [0.25, 0.3) is 0 Å². The second kappa shape index (κ2) is 8.68. The average molecular weight is 405 g/mol. The van der Waals surface area contributed by atoms with Crippen molar-refractivity contribution in [1.82, 2.24) is 20.1 Å². The summed E-state index contributed by atoms with van der Waals surface area (Å²) in [6, 6.07) is 9.34. The quantitative estimate of drug-likeness (QED) is 0.797. The van der Waals surface area contributed by atoms with Crippen LogP contribution >= 0.6 is 11.6 Å². The van der Waals surface area contributed by atoms with E-state index in [1.54, 1.807) is 0 Å². The van der Waals surface area contributed by atoms with Crippen molar-refractivity contribution in [3.8, 4) is 0 Å². The van der Waals surface area contributed by atoms with Gasteiger partial charge in [-0.15, -0.1) is 5.10 Å². The Morgan fingerprint density at radius 1 is 1.18 bits per heavy atom. The molecule has 0 saturated carbocycles. The molecule has 2 aliphatic rings. The predicted octanol–water partition coefficient (Wildman–Crippen LogP) is 2.73. The molecule has 0 spiro atoms. The van der Waals surface area contributed by atoms with Crippen molar-refractivity contribution in [2.45, 2.75) is 50.3 Å². The Labute approximate surface area is 171 Å². The van der Waals surface area contributed by atoms with Gasteiger partial charge in [-0.1, -0.05) is 23.7 Å². The number of hydrogen-bond acceptors (Lipinski definition) is 6. The Hall–Kier alpha value is -1.83. The topological polar surface area (TPSA) is 83.3 Å². The van der Waals surface area contributed by atoms with Crippen LogP contribution in [0.25, 0.3) is 0 Å². The molecule has 0 radical (unpaired) electrons. The van der Waals surface area contributed by atoms with E-state index in [2.05, 4.69) is 37.1 Å². The van der Waals surface area contributed by atoms with Crippen molar-refractivity contribution in [2.75, 3.05) is 37.4 Å². The summed E-state index contributed by atoms with van der Waals surface area (Å²) in [7, 11) is 1.83. The number of nitrogens with one attached hydrogen (secondary N) is 1. The van der Waals surface area contributed by atoms with E-state index in [0.29, 0.717) is 30.1 Å². The van der Waals surface area contributed by atoms with Crippen LogP contribution in [0.1, 0.15) is 31.2 Å². The Morgan fingerprint density at radius 3 is 2.57 bits per heavy atom. The highest BCUT2D eigenvalue weighted by atomic mass is 35.5. The minimum Gasteiger partial charge on any atom is -0.381 e. The van der Waals surface area contributed by atoms with Crippen LogP contribution in [0.5, 0.6) is 0 Å². The maximum atomic E-state index is 6.06. The standard InChI is InChI=1S/C20H29ClN6O/c1-28-18-8-11-27(17(13-18)12-14-2-4-15(21)5-3-14)16-6-9-26(10-7-16)20-23-19(22)24-25-20/h2-5,16-18H,6-13H2,1H3,(H3,22,23,24,25)/t17-,18?/m0/s1. The number of likely N-dealkylation sites (tertiary alicyclic amines) is 1. The van der Waals surface area contributed by atoms with Crippen molar-refractivity contribution in [1.29, 1.82) is 0 Å². The number of anilines is 2. The lowest BCUT2D eigenvalue weighted by molar-refractivity contribution is -0.0111. The normalized spacial score (nSPS) is 24.6. The zero-order chi connectivity index (χ0) is 19.5. The summed E-state index contributed by atoms with van der Waals surface area (Å²) in [6.07, 6.45) is 5.80. The third-order valence-electron chi connectivity index (χ3n) is 6.14. The molecule has 7 nitrogen and oxygen atoms in total. The average Bonchev–Trinajstić information content (AvgIpc) is 3.16. The number of hydrogen-bond donors (Lipinski definition) is 2. The molecule has 1 unspecified atom stereocenters. The molecule has 0 amide bonds. The van der Waals surface area contributed by atoms with E-state index in [4.69, 9.17) is 22.1 Å². The molecule has 2 saturated heterocycles. The van der Waals surface area contributed by atoms with Gasteiger partial charge in [0.05, 0.1) is 6.10 Å². The molecular formula is C20H29ClN6O. The van der Waals surface area contributed by atoms with E-state index in [1.165, 1.54) is 5.56 Å². The summed E-state index contributed by atoms with van der Waals surface area (Å²) < 4.78 is 5.70. The SMILES string of the molecule is COC1CCN(C2CCN(c3n[nH]c(N)n3)CC2)[C@@H](Cc2ccc(Cl)cc2)C1. The summed E-state index contributed by atoms with van der Waals surface area (Å²) in [5.41, 5.74) is 7.01. The van der Waals surface area contributed by atoms with Gasteiger partial charge in [0, 0.05) is 43.9 Å². The van der Waals surface area contributed by atoms with E-state index in [9.17, 15) is 0 Å². The van der Waals surface area contributed by atoms with Gasteiger partial charge in [0.2, 0.25) is 11.9 Å². The van der Waals surface area contributed by atoms with E-state index in [-0.39, 0.29) is 0 Å². The van der Waals surface area contributed by atoms with Crippen LogP contribution in [0.3, 0.4) is 0 Å². The predicted molar refractivity (Wildman–Crippen MR) is 112 cm³/mol. The van der Waals surface area contributed by atoms with Crippen LogP contribution in [0.4, 0.5) is 11.9 Å². The molecule has 1 aromatic carbocycles. The highest BCUT2D eigenvalue weighted by molar-refractivity contribution is 6.30. The number of nitrogens with zero attached hydrogens (tertiary/aromatic N) is 4. The van der Waals surface area contributed by atoms with Gasteiger partial charge in [-0.3, -0.25) is 4.90 Å². The van der Waals surface area contributed by atoms with Crippen LogP contribution in [0.2, 0.25) is 5.02 Å². The lowest BCUT2D eigenvalue weighted by Crippen LogP contribution is -2.54. The molecule has 3 heterocycles. The summed E-state index contributed by atoms with van der Waals surface area (Å²) >= 11 is 6.06. The van der Waals surface area contributed by atoms with Gasteiger partial charge in [-0.25, -0.2) is 5.10 Å². The van der Waals surface area contributed by atoms with Gasteiger partial charge in [-0.05, 0) is 49.8 Å². The van der Waals surface area contributed by atoms with Gasteiger partial charge in [0.1, 0.15) is 0 Å². The van der Waals surface area contributed by atoms with Crippen LogP contribution in [-0.4, -0.2) is 65.0 Å². The van der Waals surface area contributed by atoms with Crippen LogP contribution in [0.15, 0.2) is 24.3 Å². The Bertz CT molecular complexity index is 758. The van der Waals surface area contributed by atoms with Crippen molar-refractivity contribution in [3.63, 3.8) is 0 Å². The number of benzene rings is 1. The summed E-state index contributed by atoms with van der Waals surface area (Å²) in [4.78, 5) is 9.20. The number of nitrogen functional groups attached to an aromatic ring is 1. The molecule has 3 N–H and O–H groups in total. The number of H-pyrrole nitrogens is 1. The van der Waals surface area contributed by atoms with Gasteiger partial charge >= 0.3 is 0 Å². The molecule has 0 bridgehead atoms. The number of aromatic amines is 1. The Morgan fingerprint density at radius 2 is 1.93 bits per heavy atom. The lowest BCUT2D eigenvalue weighted by Gasteiger charge is -2.46. The number of halogens is 1. The van der Waals surface area contributed by atoms with Crippen LogP contribution in [0, 0.1) is 0 Å². The first-order valence-electron chi connectivity index (χ1n) is 10.1. The minimum atomic E-state index is 0.352. The number of ether oxygens (including phenoxy) is 1. The fourth-order valence-corrected chi connectivity index (χ4v) is 4.75. The number of aromatic nitrogens is 3. The van der Waals surface area contributed by atoms with Gasteiger partial charge in [0.15, 0.2) is 0 Å². The van der Waals surface area contributed by atoms with Crippen molar-refractivity contribution in [3.05, 3.63) is 34.9 Å². The monoisotopic (exact) mass is 404 g/mol. The Balaban J connectivity index is 1.41. The first kappa shape index (κ1) is 19.5. The highest BCUT2D eigenvalue weighted by Gasteiger charge is 2.35. The Kier molecular flexibility index (Phi) is 6.04. The lowest BCUT2D eigenvalue weighted by atomic mass is 9.90. The van der Waals surface area contributed by atoms with E-state index in [0.717, 1.165) is 56.8 Å². The molecule has 2 aliphatic heterocycles. The molecule has 2 aromatic rings. The van der Waals surface area contributed by atoms with Crippen molar-refractivity contribution >= 4 is 23.5 Å². The summed E-state index contributed by atoms with van der Waals surface area (Å²) in [5.74, 6) is 1.09. The maximum absolute atomic E-state index is 6.06. The first-order chi connectivity index (χ1) is 13.6. The molecule has 0 aliphatic carbocycles. The third kappa shape index (κ3) is 4.42. The van der Waals surface area contributed by atoms with Crippen LogP contribution < -0.4 is 10.6 Å². The van der Waals surface area contributed by atoms with Crippen LogP contribution in [-0.2, 0) is 11.2 Å². The fourth-order valence-electron chi connectivity index (χ4n) is 4.62. The molecular weight excluding hydrogens is 376 g/mol. The van der Waals surface area contributed by atoms with Gasteiger partial charge < -0.3 is 15.4 Å². The summed E-state index contributed by atoms with van der Waals surface area (Å²) in [5, 5.41) is 7.72. The fraction of sp³-hybridized carbons (Fsp3) is 0.600. The second-order valence-corrected chi connectivity index (χ2v) is 8.28. The third-order valence-corrected chi connectivity index (χ3v) is 6.39. The number of piperidine rings is 2. The van der Waals surface area contributed by atoms with Gasteiger partial charge in [-0.2, -0.15) is 4.98 Å². The number of nitrogens with two attached hydrogens (primary N) is 1. The molecule has 8 heteroatoms. The van der Waals surface area contributed by atoms with E-state index >= 15 is 0 Å². The zero-order valence-electron chi connectivity index (χ0n) is 16.4.